The maximum Gasteiger partial charge on any atom is 0.361 e. The molecule has 1 unspecified atom stereocenters. The first-order valence-corrected chi connectivity index (χ1v) is 11.3. The van der Waals surface area contributed by atoms with Gasteiger partial charge in [0.15, 0.2) is 14.2 Å². The number of hydrogen-bond acceptors (Lipinski definition) is 4. The van der Waals surface area contributed by atoms with Gasteiger partial charge in [-0.05, 0) is 32.0 Å². The fraction of sp³-hybridized carbons (Fsp3) is 0.846. The molecule has 0 heterocycles. The summed E-state index contributed by atoms with van der Waals surface area (Å²) in [6.07, 6.45) is 1.56. The lowest BCUT2D eigenvalue weighted by Gasteiger charge is -2.34. The second-order valence-electron chi connectivity index (χ2n) is 4.36. The zero-order valence-electron chi connectivity index (χ0n) is 13.0. The van der Waals surface area contributed by atoms with E-state index in [0.717, 1.165) is 18.1 Å². The van der Waals surface area contributed by atoms with Gasteiger partial charge in [0.1, 0.15) is 0 Å². The van der Waals surface area contributed by atoms with Crippen LogP contribution in [0.25, 0.3) is 0 Å². The van der Waals surface area contributed by atoms with Crippen LogP contribution in [0.4, 0.5) is 0 Å². The van der Waals surface area contributed by atoms with E-state index in [9.17, 15) is 4.57 Å². The summed E-state index contributed by atoms with van der Waals surface area (Å²) in [6, 6.07) is 2.97. The van der Waals surface area contributed by atoms with E-state index in [2.05, 4.69) is 27.4 Å². The van der Waals surface area contributed by atoms with Gasteiger partial charge in [-0.2, -0.15) is 0 Å². The molecule has 19 heavy (non-hydrogen) atoms. The molecule has 6 heteroatoms. The van der Waals surface area contributed by atoms with Gasteiger partial charge in [-0.25, -0.2) is 0 Å². The lowest BCUT2D eigenvalue weighted by atomic mass is 10.7. The molecule has 0 aliphatic rings. The van der Waals surface area contributed by atoms with Crippen molar-refractivity contribution in [2.24, 2.45) is 0 Å². The third-order valence-corrected chi connectivity index (χ3v) is 10.4. The van der Waals surface area contributed by atoms with Crippen molar-refractivity contribution < 1.29 is 18.0 Å². The molecule has 0 aromatic carbocycles. The van der Waals surface area contributed by atoms with Crippen LogP contribution in [0.15, 0.2) is 12.7 Å². The molecule has 0 rings (SSSR count). The maximum absolute atomic E-state index is 12.8. The van der Waals surface area contributed by atoms with Crippen molar-refractivity contribution in [1.82, 2.24) is 0 Å². The molecule has 0 N–H and O–H groups in total. The van der Waals surface area contributed by atoms with Crippen LogP contribution in [0.1, 0.15) is 34.6 Å². The first-order chi connectivity index (χ1) is 8.97. The lowest BCUT2D eigenvalue weighted by Crippen LogP contribution is -2.39. The average Bonchev–Trinajstić information content (AvgIpc) is 2.41. The van der Waals surface area contributed by atoms with Gasteiger partial charge in [-0.3, -0.25) is 4.57 Å². The van der Waals surface area contributed by atoms with Crippen LogP contribution in [0.5, 0.6) is 0 Å². The zero-order chi connectivity index (χ0) is 14.9. The number of hydrogen-bond donors (Lipinski definition) is 0. The van der Waals surface area contributed by atoms with Gasteiger partial charge in [0.05, 0.1) is 13.2 Å². The lowest BCUT2D eigenvalue weighted by molar-refractivity contribution is 0.173. The Labute approximate surface area is 119 Å². The van der Waals surface area contributed by atoms with E-state index >= 15 is 0 Å². The van der Waals surface area contributed by atoms with Crippen LogP contribution in [-0.2, 0) is 18.0 Å². The molecular weight excluding hydrogens is 279 g/mol. The van der Waals surface area contributed by atoms with Gasteiger partial charge in [0, 0.05) is 0 Å². The van der Waals surface area contributed by atoms with Crippen LogP contribution >= 0.6 is 7.60 Å². The summed E-state index contributed by atoms with van der Waals surface area (Å²) in [5.41, 5.74) is 0. The summed E-state index contributed by atoms with van der Waals surface area (Å²) in [7, 11) is -5.14. The molecule has 0 aromatic rings. The molecule has 0 fully saturated rings. The quantitative estimate of drug-likeness (QED) is 0.313. The monoisotopic (exact) mass is 308 g/mol. The van der Waals surface area contributed by atoms with Crippen molar-refractivity contribution in [2.45, 2.75) is 58.6 Å². The standard InChI is InChI=1S/C13H29O4PSi/c1-7-13(17-19(10-4,11-5)12-6)18(14,15-8-2)16-9-3/h7,13H,1,8-12H2,2-6H3. The minimum Gasteiger partial charge on any atom is -0.400 e. The van der Waals surface area contributed by atoms with Crippen molar-refractivity contribution >= 4 is 15.9 Å². The highest BCUT2D eigenvalue weighted by atomic mass is 31.2. The maximum atomic E-state index is 12.8. The van der Waals surface area contributed by atoms with Crippen molar-refractivity contribution in [3.63, 3.8) is 0 Å². The molecule has 0 aliphatic carbocycles. The predicted octanol–water partition coefficient (Wildman–Crippen LogP) is 4.79. The van der Waals surface area contributed by atoms with E-state index < -0.39 is 21.8 Å². The van der Waals surface area contributed by atoms with E-state index in [1.54, 1.807) is 19.9 Å². The Morgan fingerprint density at radius 1 is 1.05 bits per heavy atom. The summed E-state index contributed by atoms with van der Waals surface area (Å²) in [5.74, 6) is -0.654. The third-order valence-electron chi connectivity index (χ3n) is 3.44. The fourth-order valence-electron chi connectivity index (χ4n) is 2.04. The van der Waals surface area contributed by atoms with Crippen LogP contribution in [0.3, 0.4) is 0 Å². The predicted molar refractivity (Wildman–Crippen MR) is 83.1 cm³/mol. The molecule has 114 valence electrons. The summed E-state index contributed by atoms with van der Waals surface area (Å²) in [4.78, 5) is 0. The first kappa shape index (κ1) is 19.1. The Morgan fingerprint density at radius 3 is 1.74 bits per heavy atom. The van der Waals surface area contributed by atoms with Gasteiger partial charge < -0.3 is 13.5 Å². The minimum atomic E-state index is -3.27. The third kappa shape index (κ3) is 5.16. The Bertz CT molecular complexity index is 287. The van der Waals surface area contributed by atoms with Crippen molar-refractivity contribution in [3.8, 4) is 0 Å². The molecule has 0 spiro atoms. The summed E-state index contributed by atoms with van der Waals surface area (Å²) in [6.45, 7) is 14.4. The van der Waals surface area contributed by atoms with Crippen LogP contribution in [0.2, 0.25) is 18.1 Å². The van der Waals surface area contributed by atoms with Gasteiger partial charge in [-0.1, -0.05) is 33.4 Å². The van der Waals surface area contributed by atoms with E-state index in [1.165, 1.54) is 0 Å². The normalized spacial score (nSPS) is 14.4. The highest BCUT2D eigenvalue weighted by Crippen LogP contribution is 2.55. The molecule has 0 aromatic heterocycles. The van der Waals surface area contributed by atoms with Crippen molar-refractivity contribution in [1.29, 1.82) is 0 Å². The molecular formula is C13H29O4PSi. The minimum absolute atomic E-state index is 0.337. The Kier molecular flexibility index (Phi) is 9.12. The van der Waals surface area contributed by atoms with Gasteiger partial charge in [0.2, 0.25) is 0 Å². The molecule has 0 aliphatic heterocycles. The van der Waals surface area contributed by atoms with E-state index in [1.807, 2.05) is 0 Å². The summed E-state index contributed by atoms with van der Waals surface area (Å²) < 4.78 is 29.7. The zero-order valence-corrected chi connectivity index (χ0v) is 14.9. The van der Waals surface area contributed by atoms with Crippen LogP contribution in [0, 0.1) is 0 Å². The molecule has 0 bridgehead atoms. The van der Waals surface area contributed by atoms with Gasteiger partial charge in [-0.15, -0.1) is 0 Å². The SMILES string of the molecule is C=CC(O[Si](CC)(CC)CC)P(=O)(OCC)OCC. The average molecular weight is 308 g/mol. The molecule has 0 saturated heterocycles. The van der Waals surface area contributed by atoms with E-state index in [4.69, 9.17) is 13.5 Å². The highest BCUT2D eigenvalue weighted by molar-refractivity contribution is 7.54. The molecule has 0 saturated carbocycles. The fourth-order valence-corrected chi connectivity index (χ4v) is 7.18. The van der Waals surface area contributed by atoms with Gasteiger partial charge >= 0.3 is 7.60 Å². The molecule has 0 radical (unpaired) electrons. The Balaban J connectivity index is 5.16. The summed E-state index contributed by atoms with van der Waals surface area (Å²) in [5, 5.41) is 0. The van der Waals surface area contributed by atoms with E-state index in [0.29, 0.717) is 13.2 Å². The second-order valence-corrected chi connectivity index (χ2v) is 11.2. The smallest absolute Gasteiger partial charge is 0.361 e. The van der Waals surface area contributed by atoms with Crippen molar-refractivity contribution in [3.05, 3.63) is 12.7 Å². The second kappa shape index (κ2) is 9.09. The molecule has 0 amide bonds. The molecule has 4 nitrogen and oxygen atoms in total. The van der Waals surface area contributed by atoms with E-state index in [-0.39, 0.29) is 0 Å². The largest absolute Gasteiger partial charge is 0.400 e. The first-order valence-electron chi connectivity index (χ1n) is 7.16. The van der Waals surface area contributed by atoms with Gasteiger partial charge in [0.25, 0.3) is 0 Å². The van der Waals surface area contributed by atoms with Crippen LogP contribution in [-0.4, -0.2) is 27.4 Å². The van der Waals surface area contributed by atoms with Crippen LogP contribution < -0.4 is 0 Å². The highest BCUT2D eigenvalue weighted by Gasteiger charge is 2.41. The Morgan fingerprint density at radius 2 is 1.47 bits per heavy atom. The Hall–Kier alpha value is 0.0669. The topological polar surface area (TPSA) is 44.8 Å². The molecule has 1 atom stereocenters. The number of rotatable bonds is 11. The summed E-state index contributed by atoms with van der Waals surface area (Å²) >= 11 is 0. The van der Waals surface area contributed by atoms with Crippen molar-refractivity contribution in [2.75, 3.05) is 13.2 Å².